The second-order valence-corrected chi connectivity index (χ2v) is 4.95. The topological polar surface area (TPSA) is 72.9 Å². The minimum Gasteiger partial charge on any atom is -0.390 e. The standard InChI is InChI=1S/C13H25N3O3/c1-3-5-14-7-11(17)8-16-10-12(18)15(6-4-2)9-13(16)19/h11,14,17H,3-10H2,1-2H3. The molecular weight excluding hydrogens is 246 g/mol. The minimum absolute atomic E-state index is 0.0323. The number of hydrogen-bond acceptors (Lipinski definition) is 4. The molecule has 19 heavy (non-hydrogen) atoms. The Kier molecular flexibility index (Phi) is 6.80. The second kappa shape index (κ2) is 8.12. The van der Waals surface area contributed by atoms with Crippen molar-refractivity contribution in [3.63, 3.8) is 0 Å². The number of hydrogen-bond donors (Lipinski definition) is 2. The molecule has 0 bridgehead atoms. The highest BCUT2D eigenvalue weighted by Gasteiger charge is 2.30. The lowest BCUT2D eigenvalue weighted by Gasteiger charge is -2.34. The largest absolute Gasteiger partial charge is 0.390 e. The Labute approximate surface area is 114 Å². The van der Waals surface area contributed by atoms with Gasteiger partial charge in [0.15, 0.2) is 0 Å². The SMILES string of the molecule is CCCNCC(O)CN1CC(=O)N(CCC)CC1=O. The first kappa shape index (κ1) is 15.9. The molecule has 0 aromatic heterocycles. The highest BCUT2D eigenvalue weighted by molar-refractivity contribution is 5.92. The molecule has 0 aliphatic carbocycles. The van der Waals surface area contributed by atoms with Crippen molar-refractivity contribution in [1.82, 2.24) is 15.1 Å². The zero-order chi connectivity index (χ0) is 14.3. The van der Waals surface area contributed by atoms with Gasteiger partial charge in [0.25, 0.3) is 0 Å². The van der Waals surface area contributed by atoms with Crippen molar-refractivity contribution >= 4 is 11.8 Å². The molecule has 2 N–H and O–H groups in total. The number of nitrogens with one attached hydrogen (secondary N) is 1. The summed E-state index contributed by atoms with van der Waals surface area (Å²) in [5.74, 6) is -0.113. The van der Waals surface area contributed by atoms with Crippen LogP contribution in [0.25, 0.3) is 0 Å². The molecule has 6 nitrogen and oxygen atoms in total. The zero-order valence-electron chi connectivity index (χ0n) is 11.9. The van der Waals surface area contributed by atoms with Gasteiger partial charge in [0.2, 0.25) is 11.8 Å². The van der Waals surface area contributed by atoms with Crippen LogP contribution in [0.1, 0.15) is 26.7 Å². The lowest BCUT2D eigenvalue weighted by Crippen LogP contribution is -2.56. The molecule has 1 unspecified atom stereocenters. The molecule has 1 saturated heterocycles. The zero-order valence-corrected chi connectivity index (χ0v) is 11.9. The average molecular weight is 271 g/mol. The van der Waals surface area contributed by atoms with Gasteiger partial charge in [0.1, 0.15) is 0 Å². The number of nitrogens with zero attached hydrogens (tertiary/aromatic N) is 2. The summed E-state index contributed by atoms with van der Waals surface area (Å²) in [5, 5.41) is 12.9. The number of carbonyl (C=O) groups excluding carboxylic acids is 2. The molecule has 1 aliphatic heterocycles. The van der Waals surface area contributed by atoms with Gasteiger partial charge in [-0.2, -0.15) is 0 Å². The van der Waals surface area contributed by atoms with E-state index in [1.54, 1.807) is 4.90 Å². The highest BCUT2D eigenvalue weighted by Crippen LogP contribution is 2.06. The summed E-state index contributed by atoms with van der Waals surface area (Å²) >= 11 is 0. The van der Waals surface area contributed by atoms with Crippen LogP contribution in [0, 0.1) is 0 Å². The van der Waals surface area contributed by atoms with E-state index >= 15 is 0 Å². The van der Waals surface area contributed by atoms with Crippen molar-refractivity contribution < 1.29 is 14.7 Å². The summed E-state index contributed by atoms with van der Waals surface area (Å²) in [5.41, 5.74) is 0. The summed E-state index contributed by atoms with van der Waals surface area (Å²) in [6, 6.07) is 0. The molecule has 1 atom stereocenters. The first-order valence-electron chi connectivity index (χ1n) is 7.02. The molecule has 0 aromatic carbocycles. The number of rotatable bonds is 8. The predicted molar refractivity (Wildman–Crippen MR) is 72.6 cm³/mol. The van der Waals surface area contributed by atoms with Crippen LogP contribution in [0.3, 0.4) is 0 Å². The molecule has 0 spiro atoms. The monoisotopic (exact) mass is 271 g/mol. The van der Waals surface area contributed by atoms with Crippen LogP contribution < -0.4 is 5.32 Å². The van der Waals surface area contributed by atoms with Crippen LogP contribution in [0.5, 0.6) is 0 Å². The fourth-order valence-corrected chi connectivity index (χ4v) is 2.11. The van der Waals surface area contributed by atoms with Crippen molar-refractivity contribution in [1.29, 1.82) is 0 Å². The summed E-state index contributed by atoms with van der Waals surface area (Å²) in [7, 11) is 0. The van der Waals surface area contributed by atoms with Crippen LogP contribution in [0.4, 0.5) is 0 Å². The molecule has 1 aliphatic rings. The number of aliphatic hydroxyl groups excluding tert-OH is 1. The van der Waals surface area contributed by atoms with Crippen molar-refractivity contribution in [3.8, 4) is 0 Å². The second-order valence-electron chi connectivity index (χ2n) is 4.95. The number of aliphatic hydroxyl groups is 1. The first-order valence-corrected chi connectivity index (χ1v) is 7.02. The van der Waals surface area contributed by atoms with Gasteiger partial charge >= 0.3 is 0 Å². The molecule has 2 amide bonds. The Morgan fingerprint density at radius 3 is 2.42 bits per heavy atom. The molecule has 0 saturated carbocycles. The summed E-state index contributed by atoms with van der Waals surface area (Å²) in [6.07, 6.45) is 1.23. The Bertz CT molecular complexity index is 310. The fraction of sp³-hybridized carbons (Fsp3) is 0.846. The number of β-amino-alcohol motifs (C(OH)–C–C–N with tert-alkyl or cyclic N) is 1. The van der Waals surface area contributed by atoms with Crippen molar-refractivity contribution in [2.24, 2.45) is 0 Å². The molecule has 1 heterocycles. The maximum absolute atomic E-state index is 11.9. The van der Waals surface area contributed by atoms with E-state index in [9.17, 15) is 14.7 Å². The number of amides is 2. The van der Waals surface area contributed by atoms with E-state index in [4.69, 9.17) is 0 Å². The quantitative estimate of drug-likeness (QED) is 0.580. The molecule has 6 heteroatoms. The third-order valence-corrected chi connectivity index (χ3v) is 3.09. The van der Waals surface area contributed by atoms with E-state index in [1.807, 2.05) is 6.92 Å². The van der Waals surface area contributed by atoms with Crippen LogP contribution >= 0.6 is 0 Å². The molecule has 110 valence electrons. The van der Waals surface area contributed by atoms with Crippen LogP contribution in [-0.4, -0.2) is 72.1 Å². The maximum Gasteiger partial charge on any atom is 0.242 e. The van der Waals surface area contributed by atoms with Gasteiger partial charge in [-0.15, -0.1) is 0 Å². The normalized spacial score (nSPS) is 18.1. The predicted octanol–water partition coefficient (Wildman–Crippen LogP) is -0.572. The van der Waals surface area contributed by atoms with E-state index in [1.165, 1.54) is 4.90 Å². The average Bonchev–Trinajstić information content (AvgIpc) is 2.36. The number of piperazine rings is 1. The van der Waals surface area contributed by atoms with E-state index < -0.39 is 6.10 Å². The van der Waals surface area contributed by atoms with Crippen molar-refractivity contribution in [3.05, 3.63) is 0 Å². The van der Waals surface area contributed by atoms with Crippen molar-refractivity contribution in [2.45, 2.75) is 32.8 Å². The lowest BCUT2D eigenvalue weighted by molar-refractivity contribution is -0.151. The Morgan fingerprint density at radius 2 is 1.79 bits per heavy atom. The van der Waals surface area contributed by atoms with Crippen LogP contribution in [0.2, 0.25) is 0 Å². The Hall–Kier alpha value is -1.14. The Balaban J connectivity index is 2.38. The third-order valence-electron chi connectivity index (χ3n) is 3.09. The molecule has 0 radical (unpaired) electrons. The van der Waals surface area contributed by atoms with Crippen LogP contribution in [0.15, 0.2) is 0 Å². The lowest BCUT2D eigenvalue weighted by atomic mass is 10.2. The van der Waals surface area contributed by atoms with Gasteiger partial charge in [-0.3, -0.25) is 9.59 Å². The first-order chi connectivity index (χ1) is 9.08. The minimum atomic E-state index is -0.624. The summed E-state index contributed by atoms with van der Waals surface area (Å²) in [4.78, 5) is 26.7. The molecule has 0 aromatic rings. The highest BCUT2D eigenvalue weighted by atomic mass is 16.3. The van der Waals surface area contributed by atoms with E-state index in [0.717, 1.165) is 19.4 Å². The van der Waals surface area contributed by atoms with Gasteiger partial charge in [-0.05, 0) is 19.4 Å². The summed E-state index contributed by atoms with van der Waals surface area (Å²) < 4.78 is 0. The number of carbonyl (C=O) groups is 2. The van der Waals surface area contributed by atoms with E-state index in [-0.39, 0.29) is 31.4 Å². The fourth-order valence-electron chi connectivity index (χ4n) is 2.11. The van der Waals surface area contributed by atoms with E-state index in [2.05, 4.69) is 12.2 Å². The van der Waals surface area contributed by atoms with Crippen molar-refractivity contribution in [2.75, 3.05) is 39.3 Å². The maximum atomic E-state index is 11.9. The summed E-state index contributed by atoms with van der Waals surface area (Å²) in [6.45, 7) is 6.40. The van der Waals surface area contributed by atoms with E-state index in [0.29, 0.717) is 13.1 Å². The van der Waals surface area contributed by atoms with Gasteiger partial charge < -0.3 is 20.2 Å². The molecule has 1 fully saturated rings. The van der Waals surface area contributed by atoms with Gasteiger partial charge in [-0.1, -0.05) is 13.8 Å². The van der Waals surface area contributed by atoms with Gasteiger partial charge in [0.05, 0.1) is 19.2 Å². The van der Waals surface area contributed by atoms with Gasteiger partial charge in [0, 0.05) is 19.6 Å². The smallest absolute Gasteiger partial charge is 0.242 e. The Morgan fingerprint density at radius 1 is 1.16 bits per heavy atom. The van der Waals surface area contributed by atoms with Crippen LogP contribution in [-0.2, 0) is 9.59 Å². The third kappa shape index (κ3) is 5.16. The molecular formula is C13H25N3O3. The van der Waals surface area contributed by atoms with Gasteiger partial charge in [-0.25, -0.2) is 0 Å². The molecule has 1 rings (SSSR count).